The van der Waals surface area contributed by atoms with Gasteiger partial charge in [-0.05, 0) is 35.2 Å². The average molecular weight is 472 g/mol. The molecule has 0 aliphatic heterocycles. The summed E-state index contributed by atoms with van der Waals surface area (Å²) < 4.78 is 6.57. The Kier molecular flexibility index (Phi) is 6.45. The Morgan fingerprint density at radius 2 is 2.00 bits per heavy atom. The number of benzene rings is 2. The number of nitrogens with one attached hydrogen (secondary N) is 1. The smallest absolute Gasteiger partial charge is 0.242 e. The molecular formula is C21H18ClN5O2S2. The van der Waals surface area contributed by atoms with Crippen LogP contribution in [0.15, 0.2) is 71.2 Å². The van der Waals surface area contributed by atoms with E-state index >= 15 is 0 Å². The highest BCUT2D eigenvalue weighted by molar-refractivity contribution is 8.00. The Morgan fingerprint density at radius 3 is 2.68 bits per heavy atom. The topological polar surface area (TPSA) is 95.1 Å². The maximum atomic E-state index is 13.2. The van der Waals surface area contributed by atoms with Crippen molar-refractivity contribution in [3.8, 4) is 16.5 Å². The molecule has 10 heteroatoms. The summed E-state index contributed by atoms with van der Waals surface area (Å²) in [5, 5.41) is 13.5. The zero-order chi connectivity index (χ0) is 21.8. The first kappa shape index (κ1) is 21.2. The van der Waals surface area contributed by atoms with Gasteiger partial charge in [-0.25, -0.2) is 4.68 Å². The van der Waals surface area contributed by atoms with Crippen molar-refractivity contribution in [3.05, 3.63) is 76.6 Å². The number of hydrogen-bond acceptors (Lipinski definition) is 7. The molecule has 0 aliphatic carbocycles. The van der Waals surface area contributed by atoms with Crippen molar-refractivity contribution >= 4 is 46.3 Å². The molecule has 0 saturated carbocycles. The van der Waals surface area contributed by atoms with Crippen molar-refractivity contribution in [1.29, 1.82) is 0 Å². The van der Waals surface area contributed by atoms with Gasteiger partial charge in [0.2, 0.25) is 11.1 Å². The molecule has 7 nitrogen and oxygen atoms in total. The van der Waals surface area contributed by atoms with E-state index in [1.54, 1.807) is 18.2 Å². The van der Waals surface area contributed by atoms with Crippen LogP contribution in [-0.2, 0) is 4.79 Å². The highest BCUT2D eigenvalue weighted by Crippen LogP contribution is 2.37. The number of amides is 1. The largest absolute Gasteiger partial charge is 0.495 e. The summed E-state index contributed by atoms with van der Waals surface area (Å²) in [7, 11) is 1.54. The van der Waals surface area contributed by atoms with Gasteiger partial charge in [-0.3, -0.25) is 4.79 Å². The number of nitrogens with two attached hydrogens (primary N) is 1. The van der Waals surface area contributed by atoms with Gasteiger partial charge in [0, 0.05) is 5.69 Å². The van der Waals surface area contributed by atoms with Gasteiger partial charge in [-0.15, -0.1) is 21.5 Å². The molecular weight excluding hydrogens is 454 g/mol. The maximum absolute atomic E-state index is 13.2. The van der Waals surface area contributed by atoms with Crippen LogP contribution in [-0.4, -0.2) is 27.9 Å². The molecule has 0 saturated heterocycles. The molecule has 1 unspecified atom stereocenters. The van der Waals surface area contributed by atoms with Gasteiger partial charge in [0.15, 0.2) is 5.82 Å². The first-order chi connectivity index (χ1) is 15.1. The SMILES string of the molecule is COc1ccc(NC(=O)C(Sc2nnc(-c3cccs3)n2N)c2ccccc2)cc1Cl. The van der Waals surface area contributed by atoms with Gasteiger partial charge in [-0.1, -0.05) is 59.8 Å². The number of nitrogen functional groups attached to an aromatic ring is 1. The number of thioether (sulfide) groups is 1. The summed E-state index contributed by atoms with van der Waals surface area (Å²) in [6.07, 6.45) is 0. The molecule has 2 heterocycles. The van der Waals surface area contributed by atoms with Gasteiger partial charge in [0.05, 0.1) is 17.0 Å². The number of halogens is 1. The number of methoxy groups -OCH3 is 1. The normalized spacial score (nSPS) is 11.8. The van der Waals surface area contributed by atoms with Gasteiger partial charge >= 0.3 is 0 Å². The van der Waals surface area contributed by atoms with Gasteiger partial charge < -0.3 is 15.9 Å². The Balaban J connectivity index is 1.61. The Bertz CT molecular complexity index is 1180. The molecule has 158 valence electrons. The number of anilines is 1. The van der Waals surface area contributed by atoms with Crippen LogP contribution in [0.4, 0.5) is 5.69 Å². The third kappa shape index (κ3) is 4.68. The Morgan fingerprint density at radius 1 is 1.19 bits per heavy atom. The highest BCUT2D eigenvalue weighted by atomic mass is 35.5. The van der Waals surface area contributed by atoms with Crippen LogP contribution in [0.3, 0.4) is 0 Å². The minimum absolute atomic E-state index is 0.238. The quantitative estimate of drug-likeness (QED) is 0.295. The third-order valence-electron chi connectivity index (χ3n) is 4.39. The molecule has 0 bridgehead atoms. The number of nitrogens with zero attached hydrogens (tertiary/aromatic N) is 3. The van der Waals surface area contributed by atoms with Crippen molar-refractivity contribution in [2.45, 2.75) is 10.4 Å². The number of aromatic nitrogens is 3. The van der Waals surface area contributed by atoms with E-state index in [-0.39, 0.29) is 5.91 Å². The summed E-state index contributed by atoms with van der Waals surface area (Å²) in [5.74, 6) is 7.08. The monoisotopic (exact) mass is 471 g/mol. The van der Waals surface area contributed by atoms with Crippen LogP contribution in [0.25, 0.3) is 10.7 Å². The predicted molar refractivity (Wildman–Crippen MR) is 125 cm³/mol. The molecule has 1 atom stereocenters. The third-order valence-corrected chi connectivity index (χ3v) is 6.76. The van der Waals surface area contributed by atoms with E-state index in [1.807, 2.05) is 47.8 Å². The van der Waals surface area contributed by atoms with Crippen molar-refractivity contribution in [1.82, 2.24) is 14.9 Å². The van der Waals surface area contributed by atoms with Crippen LogP contribution < -0.4 is 15.9 Å². The lowest BCUT2D eigenvalue weighted by atomic mass is 10.1. The maximum Gasteiger partial charge on any atom is 0.242 e. The Hall–Kier alpha value is -3.01. The molecule has 0 fully saturated rings. The predicted octanol–water partition coefficient (Wildman–Crippen LogP) is 4.85. The zero-order valence-corrected chi connectivity index (χ0v) is 18.7. The molecule has 31 heavy (non-hydrogen) atoms. The van der Waals surface area contributed by atoms with E-state index in [0.29, 0.717) is 27.4 Å². The summed E-state index contributed by atoms with van der Waals surface area (Å²) >= 11 is 8.93. The van der Waals surface area contributed by atoms with Gasteiger partial charge in [0.25, 0.3) is 0 Å². The summed E-state index contributed by atoms with van der Waals surface area (Å²) in [6, 6.07) is 18.3. The van der Waals surface area contributed by atoms with E-state index in [1.165, 1.54) is 34.9 Å². The lowest BCUT2D eigenvalue weighted by molar-refractivity contribution is -0.115. The zero-order valence-electron chi connectivity index (χ0n) is 16.4. The second kappa shape index (κ2) is 9.42. The second-order valence-corrected chi connectivity index (χ2v) is 8.83. The van der Waals surface area contributed by atoms with E-state index < -0.39 is 5.25 Å². The summed E-state index contributed by atoms with van der Waals surface area (Å²) in [5.41, 5.74) is 1.37. The number of rotatable bonds is 7. The minimum Gasteiger partial charge on any atom is -0.495 e. The molecule has 2 aromatic heterocycles. The van der Waals surface area contributed by atoms with Crippen molar-refractivity contribution in [3.63, 3.8) is 0 Å². The number of ether oxygens (including phenoxy) is 1. The molecule has 4 aromatic rings. The first-order valence-corrected chi connectivity index (χ1v) is 11.3. The lowest BCUT2D eigenvalue weighted by Crippen LogP contribution is -2.20. The van der Waals surface area contributed by atoms with E-state index in [9.17, 15) is 4.79 Å². The number of thiophene rings is 1. The molecule has 2 aromatic carbocycles. The second-order valence-electron chi connectivity index (χ2n) is 6.40. The summed E-state index contributed by atoms with van der Waals surface area (Å²) in [6.45, 7) is 0. The summed E-state index contributed by atoms with van der Waals surface area (Å²) in [4.78, 5) is 14.1. The molecule has 1 amide bonds. The fourth-order valence-electron chi connectivity index (χ4n) is 2.89. The van der Waals surface area contributed by atoms with Crippen LogP contribution >= 0.6 is 34.7 Å². The fourth-order valence-corrected chi connectivity index (χ4v) is 4.81. The molecule has 0 spiro atoms. The number of hydrogen-bond donors (Lipinski definition) is 2. The average Bonchev–Trinajstić information content (AvgIpc) is 3.42. The molecule has 4 rings (SSSR count). The van der Waals surface area contributed by atoms with Crippen LogP contribution in [0.5, 0.6) is 5.75 Å². The number of carbonyl (C=O) groups excluding carboxylic acids is 1. The lowest BCUT2D eigenvalue weighted by Gasteiger charge is -2.17. The minimum atomic E-state index is -0.607. The molecule has 0 aliphatic rings. The van der Waals surface area contributed by atoms with E-state index in [2.05, 4.69) is 15.5 Å². The molecule has 0 radical (unpaired) electrons. The van der Waals surface area contributed by atoms with Crippen LogP contribution in [0.2, 0.25) is 5.02 Å². The highest BCUT2D eigenvalue weighted by Gasteiger charge is 2.26. The van der Waals surface area contributed by atoms with Crippen LogP contribution in [0, 0.1) is 0 Å². The molecule has 3 N–H and O–H groups in total. The van der Waals surface area contributed by atoms with E-state index in [0.717, 1.165) is 10.4 Å². The Labute approximate surface area is 192 Å². The van der Waals surface area contributed by atoms with Crippen molar-refractivity contribution < 1.29 is 9.53 Å². The standard InChI is InChI=1S/C21H18ClN5O2S2/c1-29-16-10-9-14(12-15(16)22)24-20(28)18(13-6-3-2-4-7-13)31-21-26-25-19(27(21)23)17-8-5-11-30-17/h2-12,18H,23H2,1H3,(H,24,28). The van der Waals surface area contributed by atoms with Gasteiger partial charge in [0.1, 0.15) is 11.0 Å². The fraction of sp³-hybridized carbons (Fsp3) is 0.0952. The number of carbonyl (C=O) groups is 1. The van der Waals surface area contributed by atoms with Crippen LogP contribution in [0.1, 0.15) is 10.8 Å². The van der Waals surface area contributed by atoms with Crippen molar-refractivity contribution in [2.24, 2.45) is 0 Å². The van der Waals surface area contributed by atoms with Gasteiger partial charge in [-0.2, -0.15) is 0 Å². The first-order valence-electron chi connectivity index (χ1n) is 9.17. The van der Waals surface area contributed by atoms with E-state index in [4.69, 9.17) is 22.2 Å². The van der Waals surface area contributed by atoms with Crippen molar-refractivity contribution in [2.75, 3.05) is 18.3 Å².